The zero-order valence-electron chi connectivity index (χ0n) is 15.4. The standard InChI is InChI=1S/C19H22N6O2/c1-23-12-15(11-20-23)18-22-21-17-13-24(8-9-27-2)19(26)16(25(17)18)10-14-6-4-3-5-7-14/h3-7,11-12,16H,8-10,13H2,1-2H3/t16-/m1/s1. The first-order valence-electron chi connectivity index (χ1n) is 8.92. The number of rotatable bonds is 6. The Hall–Kier alpha value is -3.00. The van der Waals surface area contributed by atoms with Crippen molar-refractivity contribution in [3.63, 3.8) is 0 Å². The fourth-order valence-corrected chi connectivity index (χ4v) is 3.47. The highest BCUT2D eigenvalue weighted by atomic mass is 16.5. The van der Waals surface area contributed by atoms with E-state index >= 15 is 0 Å². The zero-order chi connectivity index (χ0) is 18.8. The molecule has 0 bridgehead atoms. The van der Waals surface area contributed by atoms with Crippen LogP contribution in [0.4, 0.5) is 0 Å². The van der Waals surface area contributed by atoms with Gasteiger partial charge in [-0.1, -0.05) is 30.3 Å². The maximum atomic E-state index is 13.3. The van der Waals surface area contributed by atoms with Crippen LogP contribution >= 0.6 is 0 Å². The van der Waals surface area contributed by atoms with E-state index in [1.54, 1.807) is 22.9 Å². The van der Waals surface area contributed by atoms with Crippen molar-refractivity contribution in [1.29, 1.82) is 0 Å². The number of benzene rings is 1. The number of amides is 1. The summed E-state index contributed by atoms with van der Waals surface area (Å²) in [5.74, 6) is 1.53. The van der Waals surface area contributed by atoms with Gasteiger partial charge in [-0.25, -0.2) is 0 Å². The average Bonchev–Trinajstić information content (AvgIpc) is 3.29. The van der Waals surface area contributed by atoms with Crippen molar-refractivity contribution >= 4 is 5.91 Å². The largest absolute Gasteiger partial charge is 0.383 e. The van der Waals surface area contributed by atoms with Crippen LogP contribution in [0.5, 0.6) is 0 Å². The topological polar surface area (TPSA) is 78.1 Å². The summed E-state index contributed by atoms with van der Waals surface area (Å²) >= 11 is 0. The van der Waals surface area contributed by atoms with E-state index in [9.17, 15) is 4.79 Å². The Kier molecular flexibility index (Phi) is 4.72. The summed E-state index contributed by atoms with van der Waals surface area (Å²) in [6, 6.07) is 9.63. The number of ether oxygens (including phenoxy) is 1. The molecule has 27 heavy (non-hydrogen) atoms. The van der Waals surface area contributed by atoms with Gasteiger partial charge in [0.15, 0.2) is 11.6 Å². The van der Waals surface area contributed by atoms with Gasteiger partial charge in [0.25, 0.3) is 0 Å². The van der Waals surface area contributed by atoms with Crippen molar-refractivity contribution < 1.29 is 9.53 Å². The number of aryl methyl sites for hydroxylation is 1. The molecule has 0 unspecified atom stereocenters. The smallest absolute Gasteiger partial charge is 0.246 e. The molecule has 0 radical (unpaired) electrons. The molecular weight excluding hydrogens is 344 g/mol. The molecule has 1 amide bonds. The molecule has 0 aliphatic carbocycles. The van der Waals surface area contributed by atoms with Gasteiger partial charge in [0.05, 0.1) is 24.9 Å². The molecule has 140 valence electrons. The van der Waals surface area contributed by atoms with E-state index < -0.39 is 6.04 Å². The van der Waals surface area contributed by atoms with Gasteiger partial charge in [0.2, 0.25) is 5.91 Å². The predicted octanol–water partition coefficient (Wildman–Crippen LogP) is 1.45. The molecule has 0 fully saturated rings. The van der Waals surface area contributed by atoms with Gasteiger partial charge in [-0.15, -0.1) is 10.2 Å². The van der Waals surface area contributed by atoms with Crippen LogP contribution in [0, 0.1) is 0 Å². The number of nitrogens with zero attached hydrogens (tertiary/aromatic N) is 6. The molecule has 3 heterocycles. The summed E-state index contributed by atoms with van der Waals surface area (Å²) in [7, 11) is 3.49. The first kappa shape index (κ1) is 17.4. The lowest BCUT2D eigenvalue weighted by molar-refractivity contribution is -0.138. The number of aromatic nitrogens is 5. The second-order valence-electron chi connectivity index (χ2n) is 6.67. The minimum atomic E-state index is -0.391. The molecule has 1 aromatic carbocycles. The lowest BCUT2D eigenvalue weighted by Crippen LogP contribution is -2.45. The number of methoxy groups -OCH3 is 1. The van der Waals surface area contributed by atoms with Gasteiger partial charge >= 0.3 is 0 Å². The van der Waals surface area contributed by atoms with Crippen molar-refractivity contribution in [1.82, 2.24) is 29.4 Å². The minimum Gasteiger partial charge on any atom is -0.383 e. The third kappa shape index (κ3) is 3.35. The normalized spacial score (nSPS) is 16.6. The summed E-state index contributed by atoms with van der Waals surface area (Å²) in [4.78, 5) is 15.1. The monoisotopic (exact) mass is 366 g/mol. The van der Waals surface area contributed by atoms with Crippen molar-refractivity contribution in [2.24, 2.45) is 7.05 Å². The molecule has 2 aromatic heterocycles. The summed E-state index contributed by atoms with van der Waals surface area (Å²) in [5.41, 5.74) is 1.95. The fraction of sp³-hybridized carbons (Fsp3) is 0.368. The van der Waals surface area contributed by atoms with E-state index in [1.165, 1.54) is 0 Å². The van der Waals surface area contributed by atoms with E-state index in [0.717, 1.165) is 17.0 Å². The Morgan fingerprint density at radius 1 is 1.22 bits per heavy atom. The van der Waals surface area contributed by atoms with Crippen LogP contribution in [0.25, 0.3) is 11.4 Å². The van der Waals surface area contributed by atoms with Crippen LogP contribution in [0.2, 0.25) is 0 Å². The Morgan fingerprint density at radius 3 is 2.74 bits per heavy atom. The van der Waals surface area contributed by atoms with Gasteiger partial charge in [-0.05, 0) is 5.56 Å². The molecule has 0 saturated heterocycles. The molecule has 0 N–H and O–H groups in total. The molecule has 1 aliphatic heterocycles. The number of carbonyl (C=O) groups excluding carboxylic acids is 1. The number of carbonyl (C=O) groups is 1. The Bertz CT molecular complexity index is 933. The SMILES string of the molecule is COCCN1Cc2nnc(-c3cnn(C)c3)n2[C@H](Cc2ccccc2)C1=O. The highest BCUT2D eigenvalue weighted by Crippen LogP contribution is 2.30. The van der Waals surface area contributed by atoms with Crippen LogP contribution in [0.1, 0.15) is 17.4 Å². The van der Waals surface area contributed by atoms with Crippen LogP contribution in [0.3, 0.4) is 0 Å². The first-order valence-corrected chi connectivity index (χ1v) is 8.92. The number of hydrogen-bond donors (Lipinski definition) is 0. The lowest BCUT2D eigenvalue weighted by Gasteiger charge is -2.33. The van der Waals surface area contributed by atoms with Crippen LogP contribution in [-0.2, 0) is 29.5 Å². The van der Waals surface area contributed by atoms with E-state index in [0.29, 0.717) is 31.9 Å². The molecule has 0 spiro atoms. The summed E-state index contributed by atoms with van der Waals surface area (Å²) in [6.45, 7) is 1.46. The molecule has 8 nitrogen and oxygen atoms in total. The molecular formula is C19H22N6O2. The third-order valence-corrected chi connectivity index (χ3v) is 4.81. The van der Waals surface area contributed by atoms with Crippen molar-refractivity contribution in [2.75, 3.05) is 20.3 Å². The van der Waals surface area contributed by atoms with E-state index in [4.69, 9.17) is 4.74 Å². The lowest BCUT2D eigenvalue weighted by atomic mass is 10.0. The van der Waals surface area contributed by atoms with Crippen molar-refractivity contribution in [2.45, 2.75) is 19.0 Å². The van der Waals surface area contributed by atoms with Gasteiger partial charge in [-0.2, -0.15) is 5.10 Å². The molecule has 3 aromatic rings. The van der Waals surface area contributed by atoms with Crippen LogP contribution < -0.4 is 0 Å². The zero-order valence-corrected chi connectivity index (χ0v) is 15.4. The molecule has 0 saturated carbocycles. The van der Waals surface area contributed by atoms with Crippen LogP contribution in [0.15, 0.2) is 42.7 Å². The molecule has 8 heteroatoms. The maximum Gasteiger partial charge on any atom is 0.246 e. The Labute approximate surface area is 157 Å². The molecule has 1 aliphatic rings. The second-order valence-corrected chi connectivity index (χ2v) is 6.67. The van der Waals surface area contributed by atoms with E-state index in [1.807, 2.05) is 48.1 Å². The third-order valence-electron chi connectivity index (χ3n) is 4.81. The maximum absolute atomic E-state index is 13.3. The first-order chi connectivity index (χ1) is 13.2. The number of hydrogen-bond acceptors (Lipinski definition) is 5. The second kappa shape index (κ2) is 7.32. The van der Waals surface area contributed by atoms with Gasteiger partial charge in [0.1, 0.15) is 6.04 Å². The highest BCUT2D eigenvalue weighted by molar-refractivity contribution is 5.82. The van der Waals surface area contributed by atoms with E-state index in [-0.39, 0.29) is 5.91 Å². The quantitative estimate of drug-likeness (QED) is 0.660. The molecule has 1 atom stereocenters. The van der Waals surface area contributed by atoms with E-state index in [2.05, 4.69) is 15.3 Å². The van der Waals surface area contributed by atoms with Crippen LogP contribution in [-0.4, -0.2) is 55.6 Å². The minimum absolute atomic E-state index is 0.0633. The highest BCUT2D eigenvalue weighted by Gasteiger charge is 2.36. The Balaban J connectivity index is 1.75. The van der Waals surface area contributed by atoms with Gasteiger partial charge < -0.3 is 9.64 Å². The average molecular weight is 366 g/mol. The summed E-state index contributed by atoms with van der Waals surface area (Å²) in [6.07, 6.45) is 4.22. The fourth-order valence-electron chi connectivity index (χ4n) is 3.47. The summed E-state index contributed by atoms with van der Waals surface area (Å²) < 4.78 is 8.85. The molecule has 4 rings (SSSR count). The van der Waals surface area contributed by atoms with Gasteiger partial charge in [-0.3, -0.25) is 14.0 Å². The van der Waals surface area contributed by atoms with Gasteiger partial charge in [0, 0.05) is 33.3 Å². The van der Waals surface area contributed by atoms with Crippen molar-refractivity contribution in [3.8, 4) is 11.4 Å². The van der Waals surface area contributed by atoms with Crippen molar-refractivity contribution in [3.05, 3.63) is 54.1 Å². The number of fused-ring (bicyclic) bond motifs is 1. The predicted molar refractivity (Wildman–Crippen MR) is 98.7 cm³/mol. The Morgan fingerprint density at radius 2 is 2.04 bits per heavy atom. The summed E-state index contributed by atoms with van der Waals surface area (Å²) in [5, 5.41) is 13.0.